The van der Waals surface area contributed by atoms with E-state index in [1.54, 1.807) is 0 Å². The SMILES string of the molecule is CCC(C)N(CC)C(=O)c1cccc(Br)c1C. The zero-order valence-corrected chi connectivity index (χ0v) is 12.5. The van der Waals surface area contributed by atoms with E-state index in [0.717, 1.165) is 28.6 Å². The highest BCUT2D eigenvalue weighted by atomic mass is 79.9. The molecule has 0 N–H and O–H groups in total. The lowest BCUT2D eigenvalue weighted by Crippen LogP contribution is -2.38. The van der Waals surface area contributed by atoms with Gasteiger partial charge < -0.3 is 4.90 Å². The first-order chi connectivity index (χ1) is 8.02. The summed E-state index contributed by atoms with van der Waals surface area (Å²) < 4.78 is 0.989. The van der Waals surface area contributed by atoms with Crippen molar-refractivity contribution in [3.63, 3.8) is 0 Å². The Morgan fingerprint density at radius 1 is 1.41 bits per heavy atom. The number of nitrogens with zero attached hydrogens (tertiary/aromatic N) is 1. The number of amides is 1. The van der Waals surface area contributed by atoms with Crippen LogP contribution in [0.15, 0.2) is 22.7 Å². The molecule has 2 nitrogen and oxygen atoms in total. The molecule has 17 heavy (non-hydrogen) atoms. The minimum Gasteiger partial charge on any atom is -0.336 e. The van der Waals surface area contributed by atoms with Crippen LogP contribution in [0, 0.1) is 6.92 Å². The van der Waals surface area contributed by atoms with Gasteiger partial charge in [0.1, 0.15) is 0 Å². The van der Waals surface area contributed by atoms with Crippen molar-refractivity contribution in [3.05, 3.63) is 33.8 Å². The third-order valence-corrected chi connectivity index (χ3v) is 4.08. The van der Waals surface area contributed by atoms with E-state index in [1.807, 2.05) is 36.9 Å². The second-order valence-corrected chi connectivity index (χ2v) is 5.12. The summed E-state index contributed by atoms with van der Waals surface area (Å²) in [5.74, 6) is 0.126. The maximum absolute atomic E-state index is 12.5. The van der Waals surface area contributed by atoms with Crippen LogP contribution in [0.4, 0.5) is 0 Å². The highest BCUT2D eigenvalue weighted by Gasteiger charge is 2.20. The number of benzene rings is 1. The van der Waals surface area contributed by atoms with E-state index in [1.165, 1.54) is 0 Å². The summed E-state index contributed by atoms with van der Waals surface area (Å²) in [6.07, 6.45) is 0.979. The molecule has 0 saturated heterocycles. The van der Waals surface area contributed by atoms with Gasteiger partial charge in [-0.1, -0.05) is 28.9 Å². The van der Waals surface area contributed by atoms with Crippen LogP contribution in [0.25, 0.3) is 0 Å². The van der Waals surface area contributed by atoms with Crippen molar-refractivity contribution < 1.29 is 4.79 Å². The Labute approximate surface area is 112 Å². The maximum Gasteiger partial charge on any atom is 0.254 e. The van der Waals surface area contributed by atoms with Crippen LogP contribution in [-0.4, -0.2) is 23.4 Å². The molecule has 0 aliphatic heterocycles. The Balaban J connectivity index is 3.06. The molecule has 1 unspecified atom stereocenters. The summed E-state index contributed by atoms with van der Waals surface area (Å²) in [7, 11) is 0. The number of carbonyl (C=O) groups is 1. The second-order valence-electron chi connectivity index (χ2n) is 4.26. The van der Waals surface area contributed by atoms with Crippen molar-refractivity contribution in [2.45, 2.75) is 40.2 Å². The van der Waals surface area contributed by atoms with Crippen LogP contribution >= 0.6 is 15.9 Å². The van der Waals surface area contributed by atoms with Gasteiger partial charge in [0.15, 0.2) is 0 Å². The van der Waals surface area contributed by atoms with Crippen LogP contribution in [0.3, 0.4) is 0 Å². The molecule has 0 fully saturated rings. The average Bonchev–Trinajstić information content (AvgIpc) is 2.33. The molecule has 1 aromatic carbocycles. The quantitative estimate of drug-likeness (QED) is 0.822. The highest BCUT2D eigenvalue weighted by Crippen LogP contribution is 2.21. The number of hydrogen-bond acceptors (Lipinski definition) is 1. The number of rotatable bonds is 4. The van der Waals surface area contributed by atoms with E-state index >= 15 is 0 Å². The normalized spacial score (nSPS) is 12.3. The molecule has 0 bridgehead atoms. The molecular weight excluding hydrogens is 278 g/mol. The fourth-order valence-corrected chi connectivity index (χ4v) is 2.24. The third kappa shape index (κ3) is 3.09. The maximum atomic E-state index is 12.5. The molecule has 1 rings (SSSR count). The van der Waals surface area contributed by atoms with Crippen molar-refractivity contribution in [1.29, 1.82) is 0 Å². The van der Waals surface area contributed by atoms with Gasteiger partial charge >= 0.3 is 0 Å². The first-order valence-electron chi connectivity index (χ1n) is 6.08. The number of hydrogen-bond donors (Lipinski definition) is 0. The Kier molecular flexibility index (Phi) is 5.19. The molecule has 0 aromatic heterocycles. The number of carbonyl (C=O) groups excluding carboxylic acids is 1. The summed E-state index contributed by atoms with van der Waals surface area (Å²) in [6.45, 7) is 8.95. The summed E-state index contributed by atoms with van der Waals surface area (Å²) in [5, 5.41) is 0. The minimum absolute atomic E-state index is 0.126. The van der Waals surface area contributed by atoms with E-state index in [4.69, 9.17) is 0 Å². The monoisotopic (exact) mass is 297 g/mol. The van der Waals surface area contributed by atoms with Crippen molar-refractivity contribution in [2.75, 3.05) is 6.54 Å². The standard InChI is InChI=1S/C14H20BrNO/c1-5-10(3)16(6-2)14(17)12-8-7-9-13(15)11(12)4/h7-10H,5-6H2,1-4H3. The zero-order chi connectivity index (χ0) is 13.0. The summed E-state index contributed by atoms with van der Waals surface area (Å²) in [6, 6.07) is 6.05. The highest BCUT2D eigenvalue weighted by molar-refractivity contribution is 9.10. The van der Waals surface area contributed by atoms with Gasteiger partial charge in [0, 0.05) is 22.6 Å². The van der Waals surface area contributed by atoms with Crippen molar-refractivity contribution >= 4 is 21.8 Å². The van der Waals surface area contributed by atoms with Gasteiger partial charge in [0.25, 0.3) is 5.91 Å². The molecule has 1 aromatic rings. The van der Waals surface area contributed by atoms with Gasteiger partial charge in [-0.05, 0) is 44.9 Å². The van der Waals surface area contributed by atoms with E-state index in [9.17, 15) is 4.79 Å². The first kappa shape index (κ1) is 14.2. The van der Waals surface area contributed by atoms with E-state index in [0.29, 0.717) is 0 Å². The first-order valence-corrected chi connectivity index (χ1v) is 6.88. The lowest BCUT2D eigenvalue weighted by molar-refractivity contribution is 0.0699. The predicted molar refractivity (Wildman–Crippen MR) is 75.3 cm³/mol. The Bertz CT molecular complexity index is 403. The molecule has 0 saturated carbocycles. The fourth-order valence-electron chi connectivity index (χ4n) is 1.87. The molecule has 0 radical (unpaired) electrons. The van der Waals surface area contributed by atoms with E-state index < -0.39 is 0 Å². The molecule has 3 heteroatoms. The Hall–Kier alpha value is -0.830. The lowest BCUT2D eigenvalue weighted by atomic mass is 10.1. The van der Waals surface area contributed by atoms with Crippen LogP contribution in [0.5, 0.6) is 0 Å². The average molecular weight is 298 g/mol. The van der Waals surface area contributed by atoms with Crippen molar-refractivity contribution in [3.8, 4) is 0 Å². The Morgan fingerprint density at radius 3 is 2.59 bits per heavy atom. The summed E-state index contributed by atoms with van der Waals surface area (Å²) in [4.78, 5) is 14.4. The topological polar surface area (TPSA) is 20.3 Å². The molecule has 0 aliphatic rings. The fraction of sp³-hybridized carbons (Fsp3) is 0.500. The van der Waals surface area contributed by atoms with Gasteiger partial charge in [-0.2, -0.15) is 0 Å². The van der Waals surface area contributed by atoms with Crippen LogP contribution < -0.4 is 0 Å². The molecule has 1 amide bonds. The summed E-state index contributed by atoms with van der Waals surface area (Å²) >= 11 is 3.47. The van der Waals surface area contributed by atoms with Crippen molar-refractivity contribution in [2.24, 2.45) is 0 Å². The van der Waals surface area contributed by atoms with Gasteiger partial charge in [-0.3, -0.25) is 4.79 Å². The molecule has 94 valence electrons. The molecule has 0 spiro atoms. The largest absolute Gasteiger partial charge is 0.336 e. The third-order valence-electron chi connectivity index (χ3n) is 3.22. The van der Waals surface area contributed by atoms with Crippen molar-refractivity contribution in [1.82, 2.24) is 4.90 Å². The smallest absolute Gasteiger partial charge is 0.254 e. The predicted octanol–water partition coefficient (Wildman–Crippen LogP) is 4.02. The summed E-state index contributed by atoms with van der Waals surface area (Å²) in [5.41, 5.74) is 1.81. The molecule has 1 atom stereocenters. The van der Waals surface area contributed by atoms with Gasteiger partial charge in [-0.25, -0.2) is 0 Å². The van der Waals surface area contributed by atoms with Crippen LogP contribution in [-0.2, 0) is 0 Å². The molecule has 0 aliphatic carbocycles. The second kappa shape index (κ2) is 6.20. The van der Waals surface area contributed by atoms with Gasteiger partial charge in [0.05, 0.1) is 0 Å². The minimum atomic E-state index is 0.126. The number of halogens is 1. The van der Waals surface area contributed by atoms with Crippen LogP contribution in [0.2, 0.25) is 0 Å². The van der Waals surface area contributed by atoms with Gasteiger partial charge in [-0.15, -0.1) is 0 Å². The zero-order valence-electron chi connectivity index (χ0n) is 11.0. The molecule has 0 heterocycles. The lowest BCUT2D eigenvalue weighted by Gasteiger charge is -2.28. The molecular formula is C14H20BrNO. The Morgan fingerprint density at radius 2 is 2.06 bits per heavy atom. The van der Waals surface area contributed by atoms with Gasteiger partial charge in [0.2, 0.25) is 0 Å². The van der Waals surface area contributed by atoms with Crippen LogP contribution in [0.1, 0.15) is 43.1 Å². The van der Waals surface area contributed by atoms with E-state index in [2.05, 4.69) is 29.8 Å². The van der Waals surface area contributed by atoms with E-state index in [-0.39, 0.29) is 11.9 Å².